The first-order valence-corrected chi connectivity index (χ1v) is 6.59. The number of nitrogens with one attached hydrogen (secondary N) is 1. The maximum atomic E-state index is 10.0. The zero-order chi connectivity index (χ0) is 13.2. The molecular formula is C13H24N4O. The number of rotatable bonds is 4. The number of hydrogen-bond donors (Lipinski definition) is 2. The van der Waals surface area contributed by atoms with E-state index >= 15 is 0 Å². The zero-order valence-corrected chi connectivity index (χ0v) is 11.6. The van der Waals surface area contributed by atoms with Gasteiger partial charge in [-0.05, 0) is 20.8 Å². The van der Waals surface area contributed by atoms with Gasteiger partial charge in [0.25, 0.3) is 0 Å². The summed E-state index contributed by atoms with van der Waals surface area (Å²) in [5.41, 5.74) is 0.0547. The van der Waals surface area contributed by atoms with Crippen molar-refractivity contribution in [2.24, 2.45) is 0 Å². The van der Waals surface area contributed by atoms with Crippen LogP contribution in [-0.2, 0) is 13.1 Å². The van der Waals surface area contributed by atoms with E-state index in [4.69, 9.17) is 0 Å². The van der Waals surface area contributed by atoms with Gasteiger partial charge < -0.3 is 15.0 Å². The van der Waals surface area contributed by atoms with E-state index in [2.05, 4.69) is 40.5 Å². The fourth-order valence-electron chi connectivity index (χ4n) is 2.17. The Kier molecular flexibility index (Phi) is 4.04. The molecule has 0 saturated heterocycles. The lowest BCUT2D eigenvalue weighted by atomic mass is 10.1. The van der Waals surface area contributed by atoms with Crippen LogP contribution in [0, 0.1) is 0 Å². The van der Waals surface area contributed by atoms with Crippen LogP contribution in [0.25, 0.3) is 0 Å². The molecule has 0 radical (unpaired) electrons. The molecule has 0 amide bonds. The quantitative estimate of drug-likeness (QED) is 0.817. The fraction of sp³-hybridized carbons (Fsp3) is 0.769. The summed E-state index contributed by atoms with van der Waals surface area (Å²) in [4.78, 5) is 6.58. The van der Waals surface area contributed by atoms with Crippen molar-refractivity contribution in [3.63, 3.8) is 0 Å². The Labute approximate surface area is 109 Å². The summed E-state index contributed by atoms with van der Waals surface area (Å²) in [5, 5.41) is 13.4. The van der Waals surface area contributed by atoms with Gasteiger partial charge >= 0.3 is 0 Å². The third kappa shape index (κ3) is 3.80. The molecule has 1 aromatic rings. The summed E-state index contributed by atoms with van der Waals surface area (Å²) in [5.74, 6) is 1.09. The number of aliphatic hydroxyl groups excluding tert-OH is 1. The fourth-order valence-corrected chi connectivity index (χ4v) is 2.17. The predicted octanol–water partition coefficient (Wildman–Crippen LogP) is 0.448. The van der Waals surface area contributed by atoms with Crippen molar-refractivity contribution < 1.29 is 5.11 Å². The number of aromatic nitrogens is 2. The number of imidazole rings is 1. The first-order chi connectivity index (χ1) is 8.44. The second-order valence-corrected chi connectivity index (χ2v) is 6.06. The second-order valence-electron chi connectivity index (χ2n) is 6.06. The lowest BCUT2D eigenvalue weighted by Gasteiger charge is -2.30. The van der Waals surface area contributed by atoms with Crippen LogP contribution in [0.1, 0.15) is 26.6 Å². The third-order valence-corrected chi connectivity index (χ3v) is 3.16. The number of aliphatic hydroxyl groups is 1. The van der Waals surface area contributed by atoms with E-state index in [1.54, 1.807) is 0 Å². The summed E-state index contributed by atoms with van der Waals surface area (Å²) >= 11 is 0. The maximum Gasteiger partial charge on any atom is 0.122 e. The zero-order valence-electron chi connectivity index (χ0n) is 11.6. The van der Waals surface area contributed by atoms with Crippen molar-refractivity contribution in [1.29, 1.82) is 0 Å². The van der Waals surface area contributed by atoms with Crippen LogP contribution >= 0.6 is 0 Å². The number of β-amino-alcohol motifs (C(OH)–C–C–N with tert-alkyl or cyclic N) is 1. The molecule has 2 N–H and O–H groups in total. The van der Waals surface area contributed by atoms with Crippen molar-refractivity contribution in [3.05, 3.63) is 18.2 Å². The minimum atomic E-state index is -0.328. The van der Waals surface area contributed by atoms with Gasteiger partial charge in [-0.1, -0.05) is 0 Å². The van der Waals surface area contributed by atoms with Crippen molar-refractivity contribution in [2.45, 2.75) is 45.5 Å². The van der Waals surface area contributed by atoms with Crippen LogP contribution in [0.3, 0.4) is 0 Å². The minimum absolute atomic E-state index is 0.0547. The molecule has 2 heterocycles. The lowest BCUT2D eigenvalue weighted by Crippen LogP contribution is -2.46. The highest BCUT2D eigenvalue weighted by molar-refractivity contribution is 4.95. The highest BCUT2D eigenvalue weighted by atomic mass is 16.3. The summed E-state index contributed by atoms with van der Waals surface area (Å²) in [6.45, 7) is 10.4. The van der Waals surface area contributed by atoms with Gasteiger partial charge in [0.15, 0.2) is 0 Å². The Bertz CT molecular complexity index is 383. The third-order valence-electron chi connectivity index (χ3n) is 3.16. The summed E-state index contributed by atoms with van der Waals surface area (Å²) in [6.07, 6.45) is 3.53. The molecule has 0 saturated carbocycles. The molecule has 1 unspecified atom stereocenters. The molecule has 1 atom stereocenters. The van der Waals surface area contributed by atoms with E-state index in [9.17, 15) is 5.11 Å². The van der Waals surface area contributed by atoms with Crippen LogP contribution < -0.4 is 5.32 Å². The smallest absolute Gasteiger partial charge is 0.122 e. The largest absolute Gasteiger partial charge is 0.390 e. The molecular weight excluding hydrogens is 228 g/mol. The highest BCUT2D eigenvalue weighted by Crippen LogP contribution is 2.10. The van der Waals surface area contributed by atoms with Gasteiger partial charge in [0.2, 0.25) is 0 Å². The van der Waals surface area contributed by atoms with Crippen LogP contribution in [0.15, 0.2) is 12.4 Å². The number of nitrogens with zero attached hydrogens (tertiary/aromatic N) is 3. The van der Waals surface area contributed by atoms with Gasteiger partial charge in [-0.3, -0.25) is 4.90 Å². The van der Waals surface area contributed by atoms with Crippen LogP contribution in [-0.4, -0.2) is 50.8 Å². The van der Waals surface area contributed by atoms with Crippen LogP contribution in [0.5, 0.6) is 0 Å². The molecule has 5 heteroatoms. The molecule has 2 rings (SSSR count). The van der Waals surface area contributed by atoms with Crippen molar-refractivity contribution in [3.8, 4) is 0 Å². The van der Waals surface area contributed by atoms with E-state index in [0.29, 0.717) is 13.1 Å². The van der Waals surface area contributed by atoms with Crippen molar-refractivity contribution >= 4 is 0 Å². The molecule has 1 aromatic heterocycles. The summed E-state index contributed by atoms with van der Waals surface area (Å²) in [7, 11) is 0. The van der Waals surface area contributed by atoms with E-state index in [0.717, 1.165) is 25.5 Å². The Balaban J connectivity index is 1.77. The van der Waals surface area contributed by atoms with Crippen molar-refractivity contribution in [1.82, 2.24) is 19.8 Å². The van der Waals surface area contributed by atoms with Gasteiger partial charge in [0, 0.05) is 44.1 Å². The molecule has 0 spiro atoms. The standard InChI is InChI=1S/C13H24N4O/c1-13(2,3)15-8-11(18)9-16-6-7-17-5-4-14-12(17)10-16/h4-5,11,15,18H,6-10H2,1-3H3. The summed E-state index contributed by atoms with van der Waals surface area (Å²) in [6, 6.07) is 0. The lowest BCUT2D eigenvalue weighted by molar-refractivity contribution is 0.0903. The molecule has 0 aromatic carbocycles. The normalized spacial score (nSPS) is 18.7. The SMILES string of the molecule is CC(C)(C)NCC(O)CN1CCn2ccnc2C1. The molecule has 18 heavy (non-hydrogen) atoms. The van der Waals surface area contributed by atoms with Gasteiger partial charge in [-0.2, -0.15) is 0 Å². The van der Waals surface area contributed by atoms with E-state index in [1.807, 2.05) is 12.4 Å². The number of fused-ring (bicyclic) bond motifs is 1. The molecule has 5 nitrogen and oxygen atoms in total. The first-order valence-electron chi connectivity index (χ1n) is 6.59. The monoisotopic (exact) mass is 252 g/mol. The number of hydrogen-bond acceptors (Lipinski definition) is 4. The first kappa shape index (κ1) is 13.5. The Hall–Kier alpha value is -0.910. The molecule has 1 aliphatic heterocycles. The van der Waals surface area contributed by atoms with E-state index in [-0.39, 0.29) is 11.6 Å². The molecule has 0 aliphatic carbocycles. The minimum Gasteiger partial charge on any atom is -0.390 e. The Morgan fingerprint density at radius 1 is 1.44 bits per heavy atom. The maximum absolute atomic E-state index is 10.0. The molecule has 0 bridgehead atoms. The van der Waals surface area contributed by atoms with Gasteiger partial charge in [-0.15, -0.1) is 0 Å². The molecule has 1 aliphatic rings. The highest BCUT2D eigenvalue weighted by Gasteiger charge is 2.20. The van der Waals surface area contributed by atoms with Crippen LogP contribution in [0.2, 0.25) is 0 Å². The van der Waals surface area contributed by atoms with Gasteiger partial charge in [0.05, 0.1) is 12.6 Å². The Morgan fingerprint density at radius 3 is 2.94 bits per heavy atom. The van der Waals surface area contributed by atoms with Crippen LogP contribution in [0.4, 0.5) is 0 Å². The topological polar surface area (TPSA) is 53.3 Å². The van der Waals surface area contributed by atoms with E-state index in [1.165, 1.54) is 0 Å². The summed E-state index contributed by atoms with van der Waals surface area (Å²) < 4.78 is 2.18. The molecule has 102 valence electrons. The average molecular weight is 252 g/mol. The second kappa shape index (κ2) is 5.38. The predicted molar refractivity (Wildman–Crippen MR) is 71.3 cm³/mol. The average Bonchev–Trinajstić information content (AvgIpc) is 2.72. The van der Waals surface area contributed by atoms with Gasteiger partial charge in [0.1, 0.15) is 5.82 Å². The molecule has 0 fully saturated rings. The van der Waals surface area contributed by atoms with E-state index < -0.39 is 0 Å². The van der Waals surface area contributed by atoms with Crippen molar-refractivity contribution in [2.75, 3.05) is 19.6 Å². The van der Waals surface area contributed by atoms with Gasteiger partial charge in [-0.25, -0.2) is 4.98 Å². The Morgan fingerprint density at radius 2 is 2.22 bits per heavy atom.